The summed E-state index contributed by atoms with van der Waals surface area (Å²) in [7, 11) is 1.87. The Balaban J connectivity index is 1.84. The first-order valence-electron chi connectivity index (χ1n) is 8.48. The number of likely N-dealkylation sites (tertiary alicyclic amines) is 1. The van der Waals surface area contributed by atoms with Gasteiger partial charge in [0, 0.05) is 24.8 Å². The number of nitrogens with one attached hydrogen (secondary N) is 1. The monoisotopic (exact) mass is 338 g/mol. The van der Waals surface area contributed by atoms with E-state index < -0.39 is 12.0 Å². The molecule has 2 aromatic carbocycles. The third-order valence-corrected chi connectivity index (χ3v) is 4.65. The molecule has 0 saturated carbocycles. The van der Waals surface area contributed by atoms with E-state index in [1.165, 1.54) is 4.90 Å². The van der Waals surface area contributed by atoms with Crippen LogP contribution in [0.25, 0.3) is 11.1 Å². The van der Waals surface area contributed by atoms with Crippen molar-refractivity contribution in [2.45, 2.75) is 25.3 Å². The lowest BCUT2D eigenvalue weighted by molar-refractivity contribution is -0.148. The van der Waals surface area contributed by atoms with Gasteiger partial charge in [0.05, 0.1) is 6.42 Å². The normalized spacial score (nSPS) is 16.7. The van der Waals surface area contributed by atoms with Crippen molar-refractivity contribution in [2.75, 3.05) is 18.9 Å². The third kappa shape index (κ3) is 3.65. The molecule has 0 aliphatic carbocycles. The minimum atomic E-state index is -0.915. The average molecular weight is 338 g/mol. The number of rotatable bonds is 5. The van der Waals surface area contributed by atoms with Crippen molar-refractivity contribution in [1.29, 1.82) is 0 Å². The van der Waals surface area contributed by atoms with Crippen LogP contribution in [0.15, 0.2) is 48.5 Å². The number of carboxylic acid groups (broad SMARTS) is 1. The molecule has 25 heavy (non-hydrogen) atoms. The number of hydrogen-bond acceptors (Lipinski definition) is 3. The van der Waals surface area contributed by atoms with E-state index in [2.05, 4.69) is 5.32 Å². The lowest BCUT2D eigenvalue weighted by Gasteiger charge is -2.21. The molecule has 0 radical (unpaired) electrons. The van der Waals surface area contributed by atoms with Crippen LogP contribution in [0.1, 0.15) is 18.4 Å². The fourth-order valence-electron chi connectivity index (χ4n) is 3.37. The van der Waals surface area contributed by atoms with Gasteiger partial charge in [-0.05, 0) is 36.1 Å². The second-order valence-electron chi connectivity index (χ2n) is 6.26. The van der Waals surface area contributed by atoms with Gasteiger partial charge in [0.2, 0.25) is 5.91 Å². The van der Waals surface area contributed by atoms with Gasteiger partial charge in [-0.15, -0.1) is 0 Å². The van der Waals surface area contributed by atoms with Crippen molar-refractivity contribution in [1.82, 2.24) is 4.90 Å². The van der Waals surface area contributed by atoms with Gasteiger partial charge in [0.1, 0.15) is 6.04 Å². The van der Waals surface area contributed by atoms with Gasteiger partial charge in [0.15, 0.2) is 0 Å². The average Bonchev–Trinajstić information content (AvgIpc) is 3.12. The van der Waals surface area contributed by atoms with Crippen LogP contribution in [0.5, 0.6) is 0 Å². The first-order chi connectivity index (χ1) is 12.1. The van der Waals surface area contributed by atoms with Crippen molar-refractivity contribution in [3.63, 3.8) is 0 Å². The first kappa shape index (κ1) is 17.0. The highest BCUT2D eigenvalue weighted by atomic mass is 16.4. The van der Waals surface area contributed by atoms with E-state index in [1.807, 2.05) is 55.6 Å². The van der Waals surface area contributed by atoms with Gasteiger partial charge in [-0.2, -0.15) is 0 Å². The second-order valence-corrected chi connectivity index (χ2v) is 6.26. The second kappa shape index (κ2) is 7.38. The molecule has 0 bridgehead atoms. The maximum atomic E-state index is 12.6. The zero-order valence-electron chi connectivity index (χ0n) is 14.2. The van der Waals surface area contributed by atoms with Gasteiger partial charge in [0.25, 0.3) is 0 Å². The van der Waals surface area contributed by atoms with Crippen molar-refractivity contribution in [3.05, 3.63) is 54.1 Å². The van der Waals surface area contributed by atoms with Crippen LogP contribution in [-0.4, -0.2) is 41.5 Å². The fourth-order valence-corrected chi connectivity index (χ4v) is 3.37. The number of nitrogens with zero attached hydrogens (tertiary/aromatic N) is 1. The lowest BCUT2D eigenvalue weighted by Crippen LogP contribution is -2.41. The molecule has 1 aliphatic heterocycles. The van der Waals surface area contributed by atoms with E-state index in [-0.39, 0.29) is 12.3 Å². The summed E-state index contributed by atoms with van der Waals surface area (Å²) >= 11 is 0. The Bertz CT molecular complexity index is 774. The van der Waals surface area contributed by atoms with Crippen LogP contribution in [-0.2, 0) is 16.0 Å². The number of benzene rings is 2. The number of carbonyl (C=O) groups excluding carboxylic acids is 1. The van der Waals surface area contributed by atoms with Crippen LogP contribution in [0.4, 0.5) is 5.69 Å². The largest absolute Gasteiger partial charge is 0.480 e. The summed E-state index contributed by atoms with van der Waals surface area (Å²) in [4.78, 5) is 25.4. The van der Waals surface area contributed by atoms with Crippen LogP contribution in [0, 0.1) is 0 Å². The molecule has 5 nitrogen and oxygen atoms in total. The maximum absolute atomic E-state index is 12.6. The predicted octanol–water partition coefficient (Wildman–Crippen LogP) is 3.01. The van der Waals surface area contributed by atoms with Crippen molar-refractivity contribution >= 4 is 17.6 Å². The van der Waals surface area contributed by atoms with Crippen molar-refractivity contribution in [3.8, 4) is 11.1 Å². The van der Waals surface area contributed by atoms with Gasteiger partial charge >= 0.3 is 5.97 Å². The van der Waals surface area contributed by atoms with Gasteiger partial charge in [-0.25, -0.2) is 4.79 Å². The standard InChI is InChI=1S/C20H22N2O3/c1-21-17-10-9-14(12-16(17)15-6-3-2-4-7-15)13-19(23)22-11-5-8-18(22)20(24)25/h2-4,6-7,9-10,12,18,21H,5,8,11,13H2,1H3,(H,24,25). The molecule has 1 unspecified atom stereocenters. The minimum Gasteiger partial charge on any atom is -0.480 e. The van der Waals surface area contributed by atoms with Crippen LogP contribution in [0.3, 0.4) is 0 Å². The molecule has 1 heterocycles. The van der Waals surface area contributed by atoms with E-state index in [4.69, 9.17) is 0 Å². The SMILES string of the molecule is CNc1ccc(CC(=O)N2CCCC2C(=O)O)cc1-c1ccccc1. The molecule has 0 aromatic heterocycles. The molecule has 0 spiro atoms. The number of aliphatic carboxylic acids is 1. The van der Waals surface area contributed by atoms with Gasteiger partial charge < -0.3 is 15.3 Å². The van der Waals surface area contributed by atoms with E-state index >= 15 is 0 Å². The number of carboxylic acids is 1. The quantitative estimate of drug-likeness (QED) is 0.879. The highest BCUT2D eigenvalue weighted by Gasteiger charge is 2.33. The molecule has 1 fully saturated rings. The summed E-state index contributed by atoms with van der Waals surface area (Å²) < 4.78 is 0. The summed E-state index contributed by atoms with van der Waals surface area (Å²) in [6.45, 7) is 0.524. The Hall–Kier alpha value is -2.82. The maximum Gasteiger partial charge on any atom is 0.326 e. The summed E-state index contributed by atoms with van der Waals surface area (Å²) in [5.41, 5.74) is 3.99. The lowest BCUT2D eigenvalue weighted by atomic mass is 9.99. The molecule has 2 aromatic rings. The van der Waals surface area contributed by atoms with Gasteiger partial charge in [-0.1, -0.05) is 36.4 Å². The molecule has 5 heteroatoms. The molecule has 1 aliphatic rings. The van der Waals surface area contributed by atoms with E-state index in [0.29, 0.717) is 13.0 Å². The number of carbonyl (C=O) groups is 2. The van der Waals surface area contributed by atoms with Gasteiger partial charge in [-0.3, -0.25) is 4.79 Å². The molecule has 2 N–H and O–H groups in total. The summed E-state index contributed by atoms with van der Waals surface area (Å²) in [6, 6.07) is 15.2. The minimum absolute atomic E-state index is 0.124. The molecule has 1 saturated heterocycles. The third-order valence-electron chi connectivity index (χ3n) is 4.65. The van der Waals surface area contributed by atoms with Crippen LogP contribution < -0.4 is 5.32 Å². The van der Waals surface area contributed by atoms with Crippen molar-refractivity contribution < 1.29 is 14.7 Å². The number of amides is 1. The van der Waals surface area contributed by atoms with Crippen LogP contribution >= 0.6 is 0 Å². The van der Waals surface area contributed by atoms with Crippen LogP contribution in [0.2, 0.25) is 0 Å². The smallest absolute Gasteiger partial charge is 0.326 e. The zero-order valence-corrected chi connectivity index (χ0v) is 14.2. The molecule has 3 rings (SSSR count). The van der Waals surface area contributed by atoms with Crippen molar-refractivity contribution in [2.24, 2.45) is 0 Å². The summed E-state index contributed by atoms with van der Waals surface area (Å²) in [6.07, 6.45) is 1.50. The molecule has 1 atom stereocenters. The predicted molar refractivity (Wildman–Crippen MR) is 97.5 cm³/mol. The number of anilines is 1. The topological polar surface area (TPSA) is 69.6 Å². The van der Waals surface area contributed by atoms with E-state index in [0.717, 1.165) is 28.8 Å². The molecular formula is C20H22N2O3. The Morgan fingerprint density at radius 3 is 2.64 bits per heavy atom. The highest BCUT2D eigenvalue weighted by molar-refractivity contribution is 5.86. The Labute approximate surface area is 147 Å². The highest BCUT2D eigenvalue weighted by Crippen LogP contribution is 2.29. The van der Waals surface area contributed by atoms with E-state index in [1.54, 1.807) is 0 Å². The number of hydrogen-bond donors (Lipinski definition) is 2. The first-order valence-corrected chi connectivity index (χ1v) is 8.48. The Kier molecular flexibility index (Phi) is 5.03. The Morgan fingerprint density at radius 1 is 1.20 bits per heavy atom. The van der Waals surface area contributed by atoms with E-state index in [9.17, 15) is 14.7 Å². The fraction of sp³-hybridized carbons (Fsp3) is 0.300. The Morgan fingerprint density at radius 2 is 1.96 bits per heavy atom. The zero-order chi connectivity index (χ0) is 17.8. The summed E-state index contributed by atoms with van der Waals surface area (Å²) in [5, 5.41) is 12.4. The summed E-state index contributed by atoms with van der Waals surface area (Å²) in [5.74, 6) is -1.04. The molecule has 1 amide bonds. The molecular weight excluding hydrogens is 316 g/mol. The molecule has 130 valence electrons.